The van der Waals surface area contributed by atoms with E-state index >= 15 is 0 Å². The van der Waals surface area contributed by atoms with Crippen LogP contribution in [0.25, 0.3) is 0 Å². The highest BCUT2D eigenvalue weighted by molar-refractivity contribution is 5.02. The van der Waals surface area contributed by atoms with Gasteiger partial charge in [0, 0.05) is 33.9 Å². The lowest BCUT2D eigenvalue weighted by molar-refractivity contribution is 0.131. The molecule has 0 heterocycles. The van der Waals surface area contributed by atoms with Crippen molar-refractivity contribution in [3.8, 4) is 6.07 Å². The molecule has 1 atom stereocenters. The van der Waals surface area contributed by atoms with Crippen molar-refractivity contribution in [3.63, 3.8) is 0 Å². The van der Waals surface area contributed by atoms with E-state index in [-0.39, 0.29) is 0 Å². The predicted molar refractivity (Wildman–Crippen MR) is 81.7 cm³/mol. The van der Waals surface area contributed by atoms with Crippen LogP contribution in [-0.2, 0) is 9.47 Å². The lowest BCUT2D eigenvalue weighted by Crippen LogP contribution is -2.38. The molecule has 118 valence electrons. The van der Waals surface area contributed by atoms with Crippen LogP contribution in [0.4, 0.5) is 0 Å². The molecule has 0 saturated carbocycles. The molecule has 20 heavy (non-hydrogen) atoms. The van der Waals surface area contributed by atoms with Gasteiger partial charge in [0.25, 0.3) is 0 Å². The molecule has 5 nitrogen and oxygen atoms in total. The van der Waals surface area contributed by atoms with Crippen LogP contribution in [0.3, 0.4) is 0 Å². The van der Waals surface area contributed by atoms with Gasteiger partial charge in [-0.05, 0) is 46.2 Å². The quantitative estimate of drug-likeness (QED) is 0.521. The Balaban J connectivity index is 3.91. The number of nitrogens with one attached hydrogen (secondary N) is 1. The van der Waals surface area contributed by atoms with E-state index in [0.717, 1.165) is 58.5 Å². The van der Waals surface area contributed by atoms with Gasteiger partial charge in [0.1, 0.15) is 5.54 Å². The maximum atomic E-state index is 9.10. The van der Waals surface area contributed by atoms with E-state index < -0.39 is 5.54 Å². The molecule has 0 spiro atoms. The largest absolute Gasteiger partial charge is 0.385 e. The van der Waals surface area contributed by atoms with Gasteiger partial charge >= 0.3 is 0 Å². The van der Waals surface area contributed by atoms with Gasteiger partial charge < -0.3 is 19.7 Å². The van der Waals surface area contributed by atoms with Crippen LogP contribution in [-0.4, -0.2) is 64.6 Å². The number of unbranched alkanes of at least 4 members (excludes halogenated alkanes) is 1. The second kappa shape index (κ2) is 12.1. The summed E-state index contributed by atoms with van der Waals surface area (Å²) in [6, 6.07) is 2.33. The minimum absolute atomic E-state index is 0.395. The summed E-state index contributed by atoms with van der Waals surface area (Å²) in [5.74, 6) is 0. The summed E-state index contributed by atoms with van der Waals surface area (Å²) < 4.78 is 10.2. The maximum Gasteiger partial charge on any atom is 0.103 e. The van der Waals surface area contributed by atoms with Crippen LogP contribution in [0, 0.1) is 11.3 Å². The molecule has 0 aromatic carbocycles. The second-order valence-corrected chi connectivity index (χ2v) is 5.33. The Morgan fingerprint density at radius 2 is 1.70 bits per heavy atom. The van der Waals surface area contributed by atoms with Crippen molar-refractivity contribution in [2.75, 3.05) is 54.1 Å². The molecule has 5 heteroatoms. The summed E-state index contributed by atoms with van der Waals surface area (Å²) in [6.07, 6.45) is 4.09. The van der Waals surface area contributed by atoms with Gasteiger partial charge in [-0.15, -0.1) is 0 Å². The lowest BCUT2D eigenvalue weighted by Gasteiger charge is -2.24. The first-order valence-corrected chi connectivity index (χ1v) is 7.42. The number of nitriles is 1. The summed E-state index contributed by atoms with van der Waals surface area (Å²) in [4.78, 5) is 2.41. The SMILES string of the molecule is CNC(C)(C#N)CCCCN(CCCOC)CCOC. The molecule has 0 saturated heterocycles. The molecular formula is C15H31N3O2. The first-order chi connectivity index (χ1) is 9.61. The van der Waals surface area contributed by atoms with E-state index in [1.807, 2.05) is 14.0 Å². The first kappa shape index (κ1) is 19.3. The van der Waals surface area contributed by atoms with Gasteiger partial charge in [-0.2, -0.15) is 5.26 Å². The number of nitrogens with zero attached hydrogens (tertiary/aromatic N) is 2. The second-order valence-electron chi connectivity index (χ2n) is 5.33. The lowest BCUT2D eigenvalue weighted by atomic mass is 9.97. The number of hydrogen-bond acceptors (Lipinski definition) is 5. The van der Waals surface area contributed by atoms with Gasteiger partial charge in [-0.1, -0.05) is 0 Å². The van der Waals surface area contributed by atoms with E-state index in [9.17, 15) is 0 Å². The molecule has 0 amide bonds. The molecule has 0 aliphatic carbocycles. The van der Waals surface area contributed by atoms with Crippen LogP contribution >= 0.6 is 0 Å². The molecule has 0 aliphatic heterocycles. The van der Waals surface area contributed by atoms with Gasteiger partial charge in [0.05, 0.1) is 12.7 Å². The third kappa shape index (κ3) is 9.27. The minimum Gasteiger partial charge on any atom is -0.385 e. The van der Waals surface area contributed by atoms with Gasteiger partial charge in [0.15, 0.2) is 0 Å². The normalized spacial score (nSPS) is 14.2. The van der Waals surface area contributed by atoms with Crippen LogP contribution < -0.4 is 5.32 Å². The Bertz CT molecular complexity index is 268. The smallest absolute Gasteiger partial charge is 0.103 e. The van der Waals surface area contributed by atoms with Crippen molar-refractivity contribution in [3.05, 3.63) is 0 Å². The summed E-state index contributed by atoms with van der Waals surface area (Å²) >= 11 is 0. The van der Waals surface area contributed by atoms with E-state index in [4.69, 9.17) is 14.7 Å². The van der Waals surface area contributed by atoms with Crippen molar-refractivity contribution >= 4 is 0 Å². The topological polar surface area (TPSA) is 57.5 Å². The number of methoxy groups -OCH3 is 2. The Hall–Kier alpha value is -0.670. The average molecular weight is 285 g/mol. The molecule has 0 fully saturated rings. The third-order valence-corrected chi connectivity index (χ3v) is 3.63. The molecule has 0 aromatic rings. The van der Waals surface area contributed by atoms with Gasteiger partial charge in [0.2, 0.25) is 0 Å². The highest BCUT2D eigenvalue weighted by atomic mass is 16.5. The highest BCUT2D eigenvalue weighted by Gasteiger charge is 2.20. The zero-order chi connectivity index (χ0) is 15.3. The zero-order valence-corrected chi connectivity index (χ0v) is 13.6. The fourth-order valence-corrected chi connectivity index (χ4v) is 2.04. The van der Waals surface area contributed by atoms with Crippen molar-refractivity contribution in [1.29, 1.82) is 5.26 Å². The van der Waals surface area contributed by atoms with Crippen LogP contribution in [0.15, 0.2) is 0 Å². The standard InChI is InChI=1S/C15H31N3O2/c1-15(14-16,17-2)8-5-6-9-18(11-13-20-4)10-7-12-19-3/h17H,5-13H2,1-4H3. The Labute approximate surface area is 124 Å². The van der Waals surface area contributed by atoms with Crippen molar-refractivity contribution in [2.24, 2.45) is 0 Å². The fourth-order valence-electron chi connectivity index (χ4n) is 2.04. The summed E-state index contributed by atoms with van der Waals surface area (Å²) in [7, 11) is 5.32. The number of ether oxygens (including phenoxy) is 2. The van der Waals surface area contributed by atoms with E-state index in [2.05, 4.69) is 16.3 Å². The first-order valence-electron chi connectivity index (χ1n) is 7.42. The fraction of sp³-hybridized carbons (Fsp3) is 0.933. The van der Waals surface area contributed by atoms with Crippen molar-refractivity contribution < 1.29 is 9.47 Å². The van der Waals surface area contributed by atoms with E-state index in [1.165, 1.54) is 0 Å². The average Bonchev–Trinajstić information content (AvgIpc) is 2.48. The molecular weight excluding hydrogens is 254 g/mol. The Morgan fingerprint density at radius 3 is 2.25 bits per heavy atom. The maximum absolute atomic E-state index is 9.10. The minimum atomic E-state index is -0.395. The summed E-state index contributed by atoms with van der Waals surface area (Å²) in [5.41, 5.74) is -0.395. The number of hydrogen-bond donors (Lipinski definition) is 1. The number of rotatable bonds is 13. The molecule has 1 N–H and O–H groups in total. The van der Waals surface area contributed by atoms with E-state index in [1.54, 1.807) is 14.2 Å². The van der Waals surface area contributed by atoms with Gasteiger partial charge in [-0.25, -0.2) is 0 Å². The van der Waals surface area contributed by atoms with Crippen LogP contribution in [0.1, 0.15) is 32.6 Å². The molecule has 1 unspecified atom stereocenters. The van der Waals surface area contributed by atoms with Crippen molar-refractivity contribution in [2.45, 2.75) is 38.1 Å². The summed E-state index contributed by atoms with van der Waals surface area (Å²) in [6.45, 7) is 6.57. The molecule has 0 radical (unpaired) electrons. The zero-order valence-electron chi connectivity index (χ0n) is 13.6. The molecule has 0 bridgehead atoms. The van der Waals surface area contributed by atoms with Crippen LogP contribution in [0.5, 0.6) is 0 Å². The highest BCUT2D eigenvalue weighted by Crippen LogP contribution is 2.12. The van der Waals surface area contributed by atoms with E-state index in [0.29, 0.717) is 0 Å². The predicted octanol–water partition coefficient (Wildman–Crippen LogP) is 1.64. The van der Waals surface area contributed by atoms with Gasteiger partial charge in [-0.3, -0.25) is 0 Å². The van der Waals surface area contributed by atoms with Crippen LogP contribution in [0.2, 0.25) is 0 Å². The summed E-state index contributed by atoms with van der Waals surface area (Å²) in [5, 5.41) is 12.2. The monoisotopic (exact) mass is 285 g/mol. The molecule has 0 rings (SSSR count). The third-order valence-electron chi connectivity index (χ3n) is 3.63. The Kier molecular flexibility index (Phi) is 11.7. The Morgan fingerprint density at radius 1 is 1.05 bits per heavy atom. The van der Waals surface area contributed by atoms with Crippen molar-refractivity contribution in [1.82, 2.24) is 10.2 Å². The molecule has 0 aliphatic rings. The molecule has 0 aromatic heterocycles.